The average molecular weight is 397 g/mol. The van der Waals surface area contributed by atoms with Crippen molar-refractivity contribution in [1.29, 1.82) is 0 Å². The van der Waals surface area contributed by atoms with E-state index in [2.05, 4.69) is 29.0 Å². The summed E-state index contributed by atoms with van der Waals surface area (Å²) in [6, 6.07) is 5.79. The molecule has 1 fully saturated rings. The third-order valence-electron chi connectivity index (χ3n) is 5.93. The number of aromatic nitrogens is 1. The van der Waals surface area contributed by atoms with E-state index in [0.29, 0.717) is 10.6 Å². The van der Waals surface area contributed by atoms with E-state index in [0.717, 1.165) is 61.7 Å². The largest absolute Gasteiger partial charge is 0.367 e. The number of rotatable bonds is 2. The lowest BCUT2D eigenvalue weighted by Crippen LogP contribution is -2.44. The first-order valence-electron chi connectivity index (χ1n) is 9.69. The van der Waals surface area contributed by atoms with Crippen molar-refractivity contribution in [3.8, 4) is 5.69 Å². The van der Waals surface area contributed by atoms with E-state index in [4.69, 9.17) is 4.99 Å². The second-order valence-corrected chi connectivity index (χ2v) is 9.84. The van der Waals surface area contributed by atoms with Crippen LogP contribution >= 0.6 is 0 Å². The van der Waals surface area contributed by atoms with E-state index in [-0.39, 0.29) is 0 Å². The van der Waals surface area contributed by atoms with Crippen LogP contribution in [0.1, 0.15) is 17.7 Å². The summed E-state index contributed by atoms with van der Waals surface area (Å²) in [6.45, 7) is 3.78. The number of nitrogens with zero attached hydrogens (tertiary/aromatic N) is 4. The number of piperazine rings is 1. The average Bonchev–Trinajstić information content (AvgIpc) is 3.02. The number of aryl methyl sites for hydroxylation is 1. The van der Waals surface area contributed by atoms with Gasteiger partial charge in [-0.25, -0.2) is 8.42 Å². The Kier molecular flexibility index (Phi) is 4.00. The van der Waals surface area contributed by atoms with Crippen LogP contribution in [0.5, 0.6) is 0 Å². The zero-order valence-corrected chi connectivity index (χ0v) is 17.0. The predicted octanol–water partition coefficient (Wildman–Crippen LogP) is 2.68. The predicted molar refractivity (Wildman–Crippen MR) is 113 cm³/mol. The SMILES string of the molecule is CN1CCN(c2ccc(S(C)(=O)=O)c3c2N=CC2=CCCc4ccn-3c42)CC1. The van der Waals surface area contributed by atoms with Crippen molar-refractivity contribution < 1.29 is 8.42 Å². The van der Waals surface area contributed by atoms with Gasteiger partial charge in [0.25, 0.3) is 0 Å². The highest BCUT2D eigenvalue weighted by Crippen LogP contribution is 2.44. The van der Waals surface area contributed by atoms with Gasteiger partial charge in [-0.3, -0.25) is 4.99 Å². The summed E-state index contributed by atoms with van der Waals surface area (Å²) in [6.07, 6.45) is 9.34. The highest BCUT2D eigenvalue weighted by Gasteiger charge is 2.29. The van der Waals surface area contributed by atoms with Gasteiger partial charge in [0.2, 0.25) is 0 Å². The van der Waals surface area contributed by atoms with Crippen LogP contribution in [0.2, 0.25) is 0 Å². The molecule has 0 atom stereocenters. The number of hydrogen-bond donors (Lipinski definition) is 0. The summed E-state index contributed by atoms with van der Waals surface area (Å²) in [4.78, 5) is 9.80. The lowest BCUT2D eigenvalue weighted by atomic mass is 9.98. The Hall–Kier alpha value is -2.38. The molecule has 0 spiro atoms. The molecule has 1 saturated heterocycles. The van der Waals surface area contributed by atoms with Gasteiger partial charge in [-0.1, -0.05) is 6.08 Å². The lowest BCUT2D eigenvalue weighted by molar-refractivity contribution is 0.313. The van der Waals surface area contributed by atoms with Crippen LogP contribution in [0.4, 0.5) is 11.4 Å². The van der Waals surface area contributed by atoms with Crippen molar-refractivity contribution in [2.45, 2.75) is 17.7 Å². The number of sulfone groups is 1. The molecule has 0 bridgehead atoms. The minimum absolute atomic E-state index is 0.336. The summed E-state index contributed by atoms with van der Waals surface area (Å²) in [5.41, 5.74) is 5.85. The first-order chi connectivity index (χ1) is 13.4. The van der Waals surface area contributed by atoms with Crippen LogP contribution < -0.4 is 4.90 Å². The van der Waals surface area contributed by atoms with Crippen molar-refractivity contribution in [1.82, 2.24) is 9.47 Å². The van der Waals surface area contributed by atoms with E-state index in [1.807, 2.05) is 23.0 Å². The molecule has 1 aromatic heterocycles. The Morgan fingerprint density at radius 1 is 1.07 bits per heavy atom. The fraction of sp³-hybridized carbons (Fsp3) is 0.381. The van der Waals surface area contributed by atoms with Gasteiger partial charge in [0.05, 0.1) is 22.0 Å². The standard InChI is InChI=1S/C21H24N4O2S/c1-23-10-12-24(13-11-23)17-6-7-18(28(2,26)27)21-19(17)22-14-16-5-3-4-15-8-9-25(21)20(15)16/h5-9,14H,3-4,10-13H2,1-2H3. The number of likely N-dealkylation sites (N-methyl/N-ethyl adjacent to an activating group) is 1. The highest BCUT2D eigenvalue weighted by molar-refractivity contribution is 7.90. The van der Waals surface area contributed by atoms with Gasteiger partial charge < -0.3 is 14.4 Å². The molecule has 0 saturated carbocycles. The summed E-state index contributed by atoms with van der Waals surface area (Å²) in [5, 5.41) is 0. The Labute approximate surface area is 165 Å². The van der Waals surface area contributed by atoms with Crippen molar-refractivity contribution >= 4 is 33.0 Å². The summed E-state index contributed by atoms with van der Waals surface area (Å²) in [5.74, 6) is 0. The van der Waals surface area contributed by atoms with E-state index in [1.54, 1.807) is 6.07 Å². The van der Waals surface area contributed by atoms with Crippen molar-refractivity contribution in [2.24, 2.45) is 4.99 Å². The van der Waals surface area contributed by atoms with E-state index < -0.39 is 9.84 Å². The lowest BCUT2D eigenvalue weighted by Gasteiger charge is -2.35. The third kappa shape index (κ3) is 2.72. The third-order valence-corrected chi connectivity index (χ3v) is 7.06. The van der Waals surface area contributed by atoms with Gasteiger partial charge in [0.15, 0.2) is 9.84 Å². The van der Waals surface area contributed by atoms with Crippen LogP contribution in [0.15, 0.2) is 40.4 Å². The van der Waals surface area contributed by atoms with Crippen LogP contribution in [-0.4, -0.2) is 63.6 Å². The second kappa shape index (κ2) is 6.32. The van der Waals surface area contributed by atoms with E-state index >= 15 is 0 Å². The molecule has 2 aromatic rings. The molecule has 2 aliphatic heterocycles. The van der Waals surface area contributed by atoms with Gasteiger partial charge in [0, 0.05) is 50.4 Å². The quantitative estimate of drug-likeness (QED) is 0.783. The minimum Gasteiger partial charge on any atom is -0.367 e. The monoisotopic (exact) mass is 396 g/mol. The molecule has 1 aliphatic carbocycles. The summed E-state index contributed by atoms with van der Waals surface area (Å²) in [7, 11) is -1.27. The maximum absolute atomic E-state index is 12.6. The van der Waals surface area contributed by atoms with Gasteiger partial charge in [-0.05, 0) is 43.7 Å². The Bertz CT molecular complexity index is 1120. The fourth-order valence-electron chi connectivity index (χ4n) is 4.43. The normalized spacial score (nSPS) is 19.1. The van der Waals surface area contributed by atoms with Gasteiger partial charge in [0.1, 0.15) is 5.69 Å². The zero-order chi connectivity index (χ0) is 19.5. The first kappa shape index (κ1) is 17.7. The summed E-state index contributed by atoms with van der Waals surface area (Å²) < 4.78 is 27.3. The number of hydrogen-bond acceptors (Lipinski definition) is 5. The summed E-state index contributed by atoms with van der Waals surface area (Å²) >= 11 is 0. The van der Waals surface area contributed by atoms with Crippen LogP contribution in [-0.2, 0) is 16.3 Å². The Morgan fingerprint density at radius 2 is 1.86 bits per heavy atom. The highest BCUT2D eigenvalue weighted by atomic mass is 32.2. The molecule has 0 unspecified atom stereocenters. The molecule has 7 heteroatoms. The topological polar surface area (TPSA) is 57.9 Å². The van der Waals surface area contributed by atoms with Gasteiger partial charge in [-0.15, -0.1) is 0 Å². The molecule has 0 radical (unpaired) electrons. The maximum Gasteiger partial charge on any atom is 0.177 e. The van der Waals surface area contributed by atoms with E-state index in [1.165, 1.54) is 11.8 Å². The van der Waals surface area contributed by atoms with Crippen LogP contribution in [0.25, 0.3) is 11.3 Å². The first-order valence-corrected chi connectivity index (χ1v) is 11.6. The Morgan fingerprint density at radius 3 is 2.61 bits per heavy atom. The maximum atomic E-state index is 12.6. The molecule has 3 aliphatic rings. The molecule has 3 heterocycles. The molecule has 0 N–H and O–H groups in total. The number of fused-ring (bicyclic) bond motifs is 2. The van der Waals surface area contributed by atoms with Crippen LogP contribution in [0, 0.1) is 0 Å². The molecule has 1 aromatic carbocycles. The van der Waals surface area contributed by atoms with Crippen molar-refractivity contribution in [3.63, 3.8) is 0 Å². The fourth-order valence-corrected chi connectivity index (χ4v) is 5.29. The molecule has 5 rings (SSSR count). The van der Waals surface area contributed by atoms with Crippen molar-refractivity contribution in [2.75, 3.05) is 44.4 Å². The van der Waals surface area contributed by atoms with Crippen molar-refractivity contribution in [3.05, 3.63) is 41.7 Å². The molecular formula is C21H24N4O2S. The molecule has 0 amide bonds. The second-order valence-electron chi connectivity index (χ2n) is 7.86. The van der Waals surface area contributed by atoms with Gasteiger partial charge >= 0.3 is 0 Å². The van der Waals surface area contributed by atoms with Gasteiger partial charge in [-0.2, -0.15) is 0 Å². The van der Waals surface area contributed by atoms with E-state index in [9.17, 15) is 8.42 Å². The number of benzene rings is 1. The number of allylic oxidation sites excluding steroid dienone is 2. The Balaban J connectivity index is 1.79. The number of aliphatic imine (C=N–C) groups is 1. The minimum atomic E-state index is -3.40. The molecule has 146 valence electrons. The molecule has 6 nitrogen and oxygen atoms in total. The smallest absolute Gasteiger partial charge is 0.177 e. The molecule has 28 heavy (non-hydrogen) atoms. The zero-order valence-electron chi connectivity index (χ0n) is 16.2. The van der Waals surface area contributed by atoms with Crippen LogP contribution in [0.3, 0.4) is 0 Å². The number of anilines is 1. The molecular weight excluding hydrogens is 372 g/mol.